The summed E-state index contributed by atoms with van der Waals surface area (Å²) in [5, 5.41) is 6.19. The van der Waals surface area contributed by atoms with Gasteiger partial charge in [0.05, 0.1) is 0 Å². The van der Waals surface area contributed by atoms with Crippen LogP contribution in [0.25, 0.3) is 0 Å². The molecule has 2 aliphatic rings. The molecule has 2 aliphatic heterocycles. The summed E-state index contributed by atoms with van der Waals surface area (Å²) < 4.78 is 26.2. The summed E-state index contributed by atoms with van der Waals surface area (Å²) in [6.07, 6.45) is 0.255. The van der Waals surface area contributed by atoms with Gasteiger partial charge in [0.1, 0.15) is 9.75 Å². The Labute approximate surface area is 119 Å². The Morgan fingerprint density at radius 2 is 2.15 bits per heavy atom. The van der Waals surface area contributed by atoms with Gasteiger partial charge < -0.3 is 11.1 Å². The van der Waals surface area contributed by atoms with Crippen molar-refractivity contribution in [3.8, 4) is 0 Å². The first-order valence-corrected chi connectivity index (χ1v) is 8.13. The second-order valence-corrected chi connectivity index (χ2v) is 7.85. The van der Waals surface area contributed by atoms with Gasteiger partial charge in [-0.2, -0.15) is 4.31 Å². The molecule has 2 saturated heterocycles. The minimum Gasteiger partial charge on any atom is -0.398 e. The number of anilines is 1. The fraction of sp³-hybridized carbons (Fsp3) is 0.400. The monoisotopic (exact) mass is 316 g/mol. The number of hydrogen-bond donors (Lipinski definition) is 3. The Bertz CT molecular complexity index is 698. The van der Waals surface area contributed by atoms with Crippen molar-refractivity contribution in [2.75, 3.05) is 18.8 Å². The third-order valence-electron chi connectivity index (χ3n) is 3.44. The normalized spacial score (nSPS) is 27.0. The van der Waals surface area contributed by atoms with E-state index in [1.807, 2.05) is 0 Å². The summed E-state index contributed by atoms with van der Waals surface area (Å²) >= 11 is 1.03. The molecule has 0 aromatic carbocycles. The van der Waals surface area contributed by atoms with Crippen molar-refractivity contribution in [2.45, 2.75) is 16.2 Å². The second kappa shape index (κ2) is 4.17. The predicted octanol–water partition coefficient (Wildman–Crippen LogP) is -0.697. The Morgan fingerprint density at radius 3 is 2.70 bits per heavy atom. The van der Waals surface area contributed by atoms with Crippen LogP contribution in [0.2, 0.25) is 0 Å². The Kier molecular flexibility index (Phi) is 2.78. The molecule has 3 rings (SSSR count). The number of thiophene rings is 1. The third kappa shape index (κ3) is 1.87. The van der Waals surface area contributed by atoms with Crippen molar-refractivity contribution < 1.29 is 18.0 Å². The van der Waals surface area contributed by atoms with Gasteiger partial charge in [-0.25, -0.2) is 13.2 Å². The molecule has 0 saturated carbocycles. The molecular weight excluding hydrogens is 304 g/mol. The summed E-state index contributed by atoms with van der Waals surface area (Å²) in [6, 6.07) is 0.799. The van der Waals surface area contributed by atoms with Crippen LogP contribution in [-0.4, -0.2) is 43.3 Å². The molecule has 1 aromatic heterocycles. The molecule has 20 heavy (non-hydrogen) atoms. The number of carbonyl (C=O) groups excluding carboxylic acids is 2. The number of rotatable bonds is 2. The van der Waals surface area contributed by atoms with E-state index in [2.05, 4.69) is 10.6 Å². The van der Waals surface area contributed by atoms with Crippen LogP contribution in [-0.2, 0) is 14.8 Å². The van der Waals surface area contributed by atoms with E-state index in [-0.39, 0.29) is 23.7 Å². The maximum absolute atomic E-state index is 12.4. The number of urea groups is 1. The molecule has 0 bridgehead atoms. The van der Waals surface area contributed by atoms with E-state index in [0.29, 0.717) is 5.69 Å². The average molecular weight is 316 g/mol. The van der Waals surface area contributed by atoms with Crippen LogP contribution in [0, 0.1) is 0 Å². The summed E-state index contributed by atoms with van der Waals surface area (Å²) in [7, 11) is -3.68. The molecule has 1 unspecified atom stereocenters. The van der Waals surface area contributed by atoms with Gasteiger partial charge in [-0.3, -0.25) is 10.1 Å². The van der Waals surface area contributed by atoms with Gasteiger partial charge in [0.2, 0.25) is 0 Å². The number of hydrogen-bond acceptors (Lipinski definition) is 6. The SMILES string of the molecule is Nc1csc(S(=O)(=O)N2CCC3(C2)NC(=O)NC3=O)c1. The maximum atomic E-state index is 12.4. The number of nitrogens with zero attached hydrogens (tertiary/aromatic N) is 1. The molecular formula is C10H12N4O4S2. The lowest BCUT2D eigenvalue weighted by Crippen LogP contribution is -2.49. The van der Waals surface area contributed by atoms with Crippen molar-refractivity contribution in [3.05, 3.63) is 11.4 Å². The summed E-state index contributed by atoms with van der Waals surface area (Å²) in [5.74, 6) is -0.481. The molecule has 1 atom stereocenters. The lowest BCUT2D eigenvalue weighted by Gasteiger charge is -2.20. The maximum Gasteiger partial charge on any atom is 0.322 e. The van der Waals surface area contributed by atoms with Crippen molar-refractivity contribution >= 4 is 39.0 Å². The van der Waals surface area contributed by atoms with Crippen molar-refractivity contribution in [1.82, 2.24) is 14.9 Å². The van der Waals surface area contributed by atoms with E-state index in [1.54, 1.807) is 5.38 Å². The highest BCUT2D eigenvalue weighted by atomic mass is 32.2. The number of amides is 3. The zero-order valence-corrected chi connectivity index (χ0v) is 11.9. The number of imide groups is 1. The minimum absolute atomic E-state index is 0.0648. The molecule has 1 spiro atoms. The third-order valence-corrected chi connectivity index (χ3v) is 6.72. The Morgan fingerprint density at radius 1 is 1.40 bits per heavy atom. The van der Waals surface area contributed by atoms with Gasteiger partial charge in [-0.15, -0.1) is 11.3 Å². The summed E-state index contributed by atoms with van der Waals surface area (Å²) in [5.41, 5.74) is 4.77. The topological polar surface area (TPSA) is 122 Å². The fourth-order valence-corrected chi connectivity index (χ4v) is 5.12. The number of nitrogens with one attached hydrogen (secondary N) is 2. The number of nitrogen functional groups attached to an aromatic ring is 1. The highest BCUT2D eigenvalue weighted by Crippen LogP contribution is 2.32. The molecule has 3 heterocycles. The van der Waals surface area contributed by atoms with Crippen molar-refractivity contribution in [1.29, 1.82) is 0 Å². The number of sulfonamides is 1. The van der Waals surface area contributed by atoms with Gasteiger partial charge in [-0.05, 0) is 12.5 Å². The predicted molar refractivity (Wildman–Crippen MR) is 71.5 cm³/mol. The van der Waals surface area contributed by atoms with E-state index in [4.69, 9.17) is 5.73 Å². The smallest absolute Gasteiger partial charge is 0.322 e. The van der Waals surface area contributed by atoms with E-state index >= 15 is 0 Å². The quantitative estimate of drug-likeness (QED) is 0.623. The zero-order valence-electron chi connectivity index (χ0n) is 10.3. The molecule has 0 radical (unpaired) electrons. The molecule has 3 amide bonds. The standard InChI is InChI=1S/C10H12N4O4S2/c11-6-3-7(19-4-6)20(17,18)14-2-1-10(5-14)8(15)12-9(16)13-10/h3-4H,1-2,5,11H2,(H2,12,13,15,16). The lowest BCUT2D eigenvalue weighted by molar-refractivity contribution is -0.123. The first-order valence-electron chi connectivity index (χ1n) is 5.81. The van der Waals surface area contributed by atoms with Gasteiger partial charge in [0, 0.05) is 24.2 Å². The number of carbonyl (C=O) groups is 2. The van der Waals surface area contributed by atoms with Gasteiger partial charge in [0.25, 0.3) is 15.9 Å². The Hall–Kier alpha value is -1.65. The molecule has 8 nitrogen and oxygen atoms in total. The fourth-order valence-electron chi connectivity index (χ4n) is 2.39. The zero-order chi connectivity index (χ0) is 14.5. The highest BCUT2D eigenvalue weighted by molar-refractivity contribution is 7.91. The number of nitrogens with two attached hydrogens (primary N) is 1. The molecule has 10 heteroatoms. The summed E-state index contributed by atoms with van der Waals surface area (Å²) in [6.45, 7) is 0.110. The molecule has 0 aliphatic carbocycles. The van der Waals surface area contributed by atoms with Gasteiger partial charge in [0.15, 0.2) is 0 Å². The Balaban J connectivity index is 1.87. The molecule has 4 N–H and O–H groups in total. The van der Waals surface area contributed by atoms with E-state index in [1.165, 1.54) is 10.4 Å². The van der Waals surface area contributed by atoms with Crippen LogP contribution >= 0.6 is 11.3 Å². The first-order chi connectivity index (χ1) is 9.33. The van der Waals surface area contributed by atoms with Crippen molar-refractivity contribution in [3.63, 3.8) is 0 Å². The van der Waals surface area contributed by atoms with Crippen LogP contribution in [0.15, 0.2) is 15.7 Å². The van der Waals surface area contributed by atoms with Crippen LogP contribution < -0.4 is 16.4 Å². The van der Waals surface area contributed by atoms with Crippen LogP contribution in [0.4, 0.5) is 10.5 Å². The lowest BCUT2D eigenvalue weighted by atomic mass is 10.00. The van der Waals surface area contributed by atoms with Crippen molar-refractivity contribution in [2.24, 2.45) is 0 Å². The van der Waals surface area contributed by atoms with Gasteiger partial charge in [-0.1, -0.05) is 0 Å². The van der Waals surface area contributed by atoms with Crippen LogP contribution in [0.5, 0.6) is 0 Å². The molecule has 1 aromatic rings. The average Bonchev–Trinajstić information content (AvgIpc) is 3.02. The second-order valence-electron chi connectivity index (χ2n) is 4.78. The first kappa shape index (κ1) is 13.3. The van der Waals surface area contributed by atoms with E-state index in [9.17, 15) is 18.0 Å². The molecule has 108 valence electrons. The summed E-state index contributed by atoms with van der Waals surface area (Å²) in [4.78, 5) is 23.0. The highest BCUT2D eigenvalue weighted by Gasteiger charge is 2.53. The van der Waals surface area contributed by atoms with E-state index in [0.717, 1.165) is 11.3 Å². The van der Waals surface area contributed by atoms with Crippen LogP contribution in [0.3, 0.4) is 0 Å². The van der Waals surface area contributed by atoms with Gasteiger partial charge >= 0.3 is 6.03 Å². The molecule has 2 fully saturated rings. The van der Waals surface area contributed by atoms with Crippen LogP contribution in [0.1, 0.15) is 6.42 Å². The van der Waals surface area contributed by atoms with E-state index < -0.39 is 27.5 Å². The largest absolute Gasteiger partial charge is 0.398 e. The minimum atomic E-state index is -3.68.